The van der Waals surface area contributed by atoms with E-state index < -0.39 is 72.5 Å². The third-order valence-corrected chi connectivity index (χ3v) is 5.97. The minimum atomic E-state index is -1.30. The Labute approximate surface area is 211 Å². The molecule has 0 spiro atoms. The first-order valence-corrected chi connectivity index (χ1v) is 11.4. The Morgan fingerprint density at radius 1 is 0.892 bits per heavy atom. The van der Waals surface area contributed by atoms with E-state index >= 15 is 0 Å². The number of methoxy groups -OCH3 is 1. The summed E-state index contributed by atoms with van der Waals surface area (Å²) in [5.41, 5.74) is 0.396. The minimum absolute atomic E-state index is 0.200. The van der Waals surface area contributed by atoms with E-state index in [2.05, 4.69) is 10.3 Å². The average molecular weight is 518 g/mol. The van der Waals surface area contributed by atoms with Gasteiger partial charge in [0.2, 0.25) is 0 Å². The summed E-state index contributed by atoms with van der Waals surface area (Å²) in [6.45, 7) is 3.24. The summed E-state index contributed by atoms with van der Waals surface area (Å²) in [6.07, 6.45) is -6.14. The first-order valence-electron chi connectivity index (χ1n) is 11.4. The highest BCUT2D eigenvalue weighted by molar-refractivity contribution is 6.25. The van der Waals surface area contributed by atoms with Crippen molar-refractivity contribution in [2.75, 3.05) is 18.6 Å². The van der Waals surface area contributed by atoms with E-state index in [9.17, 15) is 24.0 Å². The van der Waals surface area contributed by atoms with Crippen molar-refractivity contribution in [2.24, 2.45) is 10.3 Å². The molecule has 2 saturated heterocycles. The van der Waals surface area contributed by atoms with Gasteiger partial charge in [0, 0.05) is 27.9 Å². The van der Waals surface area contributed by atoms with Crippen LogP contribution in [0.15, 0.2) is 40.7 Å². The van der Waals surface area contributed by atoms with Crippen LogP contribution >= 0.6 is 0 Å². The van der Waals surface area contributed by atoms with E-state index in [1.165, 1.54) is 12.1 Å². The number of carbonyl (C=O) groups is 5. The summed E-state index contributed by atoms with van der Waals surface area (Å²) in [5.74, 6) is -3.23. The van der Waals surface area contributed by atoms with Crippen molar-refractivity contribution in [3.8, 4) is 0 Å². The second-order valence-electron chi connectivity index (χ2n) is 8.56. The highest BCUT2D eigenvalue weighted by Crippen LogP contribution is 2.35. The molecule has 0 aliphatic carbocycles. The highest BCUT2D eigenvalue weighted by Gasteiger charge is 2.57. The van der Waals surface area contributed by atoms with Crippen LogP contribution in [0.2, 0.25) is 0 Å². The van der Waals surface area contributed by atoms with Crippen LogP contribution in [-0.4, -0.2) is 91.2 Å². The number of esters is 3. The van der Waals surface area contributed by atoms with Crippen molar-refractivity contribution in [3.05, 3.63) is 30.3 Å². The Hall–Kier alpha value is -3.91. The molecule has 0 unspecified atom stereocenters. The molecule has 3 heterocycles. The van der Waals surface area contributed by atoms with Gasteiger partial charge in [-0.05, 0) is 12.1 Å². The van der Waals surface area contributed by atoms with Crippen LogP contribution in [0.1, 0.15) is 20.8 Å². The number of hydrogen-bond acceptors (Lipinski definition) is 13. The smallest absolute Gasteiger partial charge is 0.303 e. The number of ether oxygens (including phenoxy) is 5. The molecule has 14 nitrogen and oxygen atoms in total. The van der Waals surface area contributed by atoms with Crippen LogP contribution < -0.4 is 4.90 Å². The van der Waals surface area contributed by atoms with Crippen LogP contribution in [0.5, 0.6) is 0 Å². The van der Waals surface area contributed by atoms with Crippen molar-refractivity contribution < 1.29 is 47.7 Å². The number of imide groups is 1. The first kappa shape index (κ1) is 26.2. The molecule has 198 valence electrons. The van der Waals surface area contributed by atoms with Gasteiger partial charge in [-0.25, -0.2) is 4.90 Å². The molecule has 3 aliphatic rings. The standard InChI is InChI=1S/C23H26N4O10/c1-11(28)34-18-15(37-23(33-4)20(36-13(3)30)19(18)35-12(2)29)10-26-17-16(24-25-26)21(31)27(22(17)32)14-8-6-5-7-9-14/h5-9,15-20,23H,10H2,1-4H3/t15-,16-,17-,18-,19+,20-,23+/m1/s1. The molecule has 14 heteroatoms. The van der Waals surface area contributed by atoms with Gasteiger partial charge < -0.3 is 23.7 Å². The van der Waals surface area contributed by atoms with Crippen molar-refractivity contribution >= 4 is 35.4 Å². The molecule has 2 fully saturated rings. The maximum absolute atomic E-state index is 13.3. The predicted molar refractivity (Wildman–Crippen MR) is 120 cm³/mol. The zero-order valence-electron chi connectivity index (χ0n) is 20.5. The largest absolute Gasteiger partial charge is 0.456 e. The van der Waals surface area contributed by atoms with Crippen molar-refractivity contribution in [2.45, 2.75) is 63.6 Å². The molecule has 1 aromatic rings. The van der Waals surface area contributed by atoms with Crippen LogP contribution in [0.3, 0.4) is 0 Å². The number of nitrogens with zero attached hydrogens (tertiary/aromatic N) is 4. The molecular weight excluding hydrogens is 492 g/mol. The second-order valence-corrected chi connectivity index (χ2v) is 8.56. The Morgan fingerprint density at radius 3 is 2.08 bits per heavy atom. The van der Waals surface area contributed by atoms with Crippen LogP contribution in [-0.2, 0) is 47.7 Å². The summed E-state index contributed by atoms with van der Waals surface area (Å²) < 4.78 is 27.4. The fourth-order valence-corrected chi connectivity index (χ4v) is 4.58. The van der Waals surface area contributed by atoms with Gasteiger partial charge in [-0.3, -0.25) is 29.0 Å². The van der Waals surface area contributed by atoms with E-state index in [0.717, 1.165) is 25.7 Å². The molecule has 7 atom stereocenters. The SMILES string of the molecule is CO[C@H]1O[C@H](CN2N=N[C@H]3C(=O)N(c4ccccc4)C(=O)[C@@H]32)[C@@H](OC(C)=O)[C@H](OC(C)=O)[C@H]1OC(C)=O. The number of hydrogen-bond donors (Lipinski definition) is 0. The van der Waals surface area contributed by atoms with Gasteiger partial charge in [0.15, 0.2) is 36.7 Å². The van der Waals surface area contributed by atoms with Crippen molar-refractivity contribution in [1.82, 2.24) is 5.01 Å². The molecule has 0 saturated carbocycles. The Bertz CT molecular complexity index is 1110. The van der Waals surface area contributed by atoms with Gasteiger partial charge in [-0.1, -0.05) is 23.4 Å². The van der Waals surface area contributed by atoms with Gasteiger partial charge >= 0.3 is 17.9 Å². The third kappa shape index (κ3) is 5.15. The maximum atomic E-state index is 13.3. The van der Waals surface area contributed by atoms with E-state index in [-0.39, 0.29) is 6.54 Å². The maximum Gasteiger partial charge on any atom is 0.303 e. The highest BCUT2D eigenvalue weighted by atomic mass is 16.7. The molecule has 37 heavy (non-hydrogen) atoms. The lowest BCUT2D eigenvalue weighted by Gasteiger charge is -2.44. The van der Waals surface area contributed by atoms with Crippen LogP contribution in [0.25, 0.3) is 0 Å². The van der Waals surface area contributed by atoms with E-state index in [4.69, 9.17) is 23.7 Å². The van der Waals surface area contributed by atoms with Gasteiger partial charge in [-0.15, -0.1) is 0 Å². The Kier molecular flexibility index (Phi) is 7.50. The summed E-state index contributed by atoms with van der Waals surface area (Å²) >= 11 is 0. The monoisotopic (exact) mass is 518 g/mol. The van der Waals surface area contributed by atoms with E-state index in [0.29, 0.717) is 5.69 Å². The zero-order chi connectivity index (χ0) is 26.9. The lowest BCUT2D eigenvalue weighted by molar-refractivity contribution is -0.299. The number of para-hydroxylation sites is 1. The van der Waals surface area contributed by atoms with Crippen LogP contribution in [0.4, 0.5) is 5.69 Å². The number of anilines is 1. The zero-order valence-corrected chi connectivity index (χ0v) is 20.5. The first-order chi connectivity index (χ1) is 17.6. The summed E-state index contributed by atoms with van der Waals surface area (Å²) in [6, 6.07) is 6.27. The van der Waals surface area contributed by atoms with Crippen LogP contribution in [0, 0.1) is 0 Å². The average Bonchev–Trinajstić information content (AvgIpc) is 3.36. The number of benzene rings is 1. The number of rotatable bonds is 7. The van der Waals surface area contributed by atoms with Gasteiger partial charge in [0.25, 0.3) is 11.8 Å². The lowest BCUT2D eigenvalue weighted by Crippen LogP contribution is -2.64. The number of carbonyl (C=O) groups excluding carboxylic acids is 5. The fraction of sp³-hybridized carbons (Fsp3) is 0.522. The molecule has 1 aromatic carbocycles. The van der Waals surface area contributed by atoms with E-state index in [1.54, 1.807) is 30.3 Å². The molecule has 4 rings (SSSR count). The number of amides is 2. The Balaban J connectivity index is 1.62. The molecule has 0 N–H and O–H groups in total. The lowest BCUT2D eigenvalue weighted by atomic mass is 9.97. The van der Waals surface area contributed by atoms with E-state index in [1.807, 2.05) is 0 Å². The Morgan fingerprint density at radius 2 is 1.49 bits per heavy atom. The quantitative estimate of drug-likeness (QED) is 0.274. The summed E-state index contributed by atoms with van der Waals surface area (Å²) in [7, 11) is 1.29. The van der Waals surface area contributed by atoms with Gasteiger partial charge in [0.1, 0.15) is 6.10 Å². The molecule has 3 aliphatic heterocycles. The van der Waals surface area contributed by atoms with Crippen molar-refractivity contribution in [1.29, 1.82) is 0 Å². The fourth-order valence-electron chi connectivity index (χ4n) is 4.58. The topological polar surface area (TPSA) is 163 Å². The third-order valence-electron chi connectivity index (χ3n) is 5.97. The minimum Gasteiger partial charge on any atom is -0.456 e. The molecule has 0 bridgehead atoms. The molecule has 0 radical (unpaired) electrons. The number of fused-ring (bicyclic) bond motifs is 1. The van der Waals surface area contributed by atoms with Gasteiger partial charge in [0.05, 0.1) is 12.2 Å². The van der Waals surface area contributed by atoms with Crippen molar-refractivity contribution in [3.63, 3.8) is 0 Å². The summed E-state index contributed by atoms with van der Waals surface area (Å²) in [4.78, 5) is 62.9. The summed E-state index contributed by atoms with van der Waals surface area (Å²) in [5, 5.41) is 9.25. The molecule has 2 amide bonds. The molecular formula is C23H26N4O10. The molecule has 0 aromatic heterocycles. The normalized spacial score (nSPS) is 30.8. The second kappa shape index (κ2) is 10.6. The predicted octanol–water partition coefficient (Wildman–Crippen LogP) is 0.146. The van der Waals surface area contributed by atoms with Gasteiger partial charge in [-0.2, -0.15) is 5.11 Å².